The molecule has 3 rings (SSSR count). The fourth-order valence-electron chi connectivity index (χ4n) is 2.51. The van der Waals surface area contributed by atoms with E-state index in [0.29, 0.717) is 29.1 Å². The molecule has 3 heterocycles. The Morgan fingerprint density at radius 3 is 2.91 bits per heavy atom. The Labute approximate surface area is 138 Å². The Bertz CT molecular complexity index is 662. The molecule has 0 atom stereocenters. The Morgan fingerprint density at radius 2 is 2.23 bits per heavy atom. The van der Waals surface area contributed by atoms with Crippen LogP contribution in [0, 0.1) is 17.2 Å². The average molecular weight is 335 g/mol. The maximum atomic E-state index is 9.16. The van der Waals surface area contributed by atoms with Crippen molar-refractivity contribution in [3.63, 3.8) is 0 Å². The Kier molecular flexibility index (Phi) is 4.76. The third-order valence-electron chi connectivity index (χ3n) is 3.75. The van der Waals surface area contributed by atoms with Crippen molar-refractivity contribution >= 4 is 28.1 Å². The number of rotatable bonds is 4. The van der Waals surface area contributed by atoms with Gasteiger partial charge in [0.25, 0.3) is 0 Å². The molecule has 0 N–H and O–H groups in total. The number of hydrogen-bond acceptors (Lipinski definition) is 6. The summed E-state index contributed by atoms with van der Waals surface area (Å²) in [6.45, 7) is 2.46. The number of hydrogen-bond donors (Lipinski definition) is 0. The van der Waals surface area contributed by atoms with Gasteiger partial charge in [-0.3, -0.25) is 0 Å². The smallest absolute Gasteiger partial charge is 0.213 e. The molecule has 1 saturated heterocycles. The van der Waals surface area contributed by atoms with E-state index in [9.17, 15) is 0 Å². The molecular weight excluding hydrogens is 320 g/mol. The van der Waals surface area contributed by atoms with E-state index in [2.05, 4.69) is 20.3 Å². The van der Waals surface area contributed by atoms with Gasteiger partial charge in [-0.2, -0.15) is 9.64 Å². The van der Waals surface area contributed by atoms with E-state index in [1.807, 2.05) is 18.2 Å². The predicted octanol–water partition coefficient (Wildman–Crippen LogP) is 3.36. The molecule has 0 unspecified atom stereocenters. The minimum atomic E-state index is 0.308. The molecule has 114 valence electrons. The van der Waals surface area contributed by atoms with Crippen molar-refractivity contribution in [2.45, 2.75) is 12.8 Å². The monoisotopic (exact) mass is 334 g/mol. The Balaban J connectivity index is 1.53. The zero-order chi connectivity index (χ0) is 15.4. The number of anilines is 1. The Morgan fingerprint density at radius 1 is 1.41 bits per heavy atom. The molecule has 0 saturated carbocycles. The second-order valence-electron chi connectivity index (χ2n) is 5.17. The molecule has 22 heavy (non-hydrogen) atoms. The highest BCUT2D eigenvalue weighted by Gasteiger charge is 2.24. The molecule has 2 aromatic rings. The van der Waals surface area contributed by atoms with Gasteiger partial charge in [0.05, 0.1) is 6.61 Å². The number of aromatic nitrogens is 2. The average Bonchev–Trinajstić information content (AvgIpc) is 2.95. The van der Waals surface area contributed by atoms with Crippen molar-refractivity contribution in [2.24, 2.45) is 5.92 Å². The van der Waals surface area contributed by atoms with Crippen LogP contribution in [0.4, 0.5) is 5.00 Å². The summed E-state index contributed by atoms with van der Waals surface area (Å²) in [5, 5.41) is 10.4. The Hall–Kier alpha value is -1.84. The normalized spacial score (nSPS) is 15.5. The van der Waals surface area contributed by atoms with Crippen molar-refractivity contribution in [2.75, 3.05) is 24.6 Å². The third kappa shape index (κ3) is 3.32. The number of piperidine rings is 1. The third-order valence-corrected chi connectivity index (χ3v) is 5.03. The molecule has 7 heteroatoms. The molecule has 0 bridgehead atoms. The summed E-state index contributed by atoms with van der Waals surface area (Å²) in [4.78, 5) is 6.35. The van der Waals surface area contributed by atoms with E-state index < -0.39 is 0 Å². The minimum absolute atomic E-state index is 0.308. The fraction of sp³-hybridized carbons (Fsp3) is 0.400. The molecule has 1 aliphatic heterocycles. The zero-order valence-electron chi connectivity index (χ0n) is 11.9. The minimum Gasteiger partial charge on any atom is -0.477 e. The van der Waals surface area contributed by atoms with E-state index in [1.165, 1.54) is 11.5 Å². The number of nitriles is 1. The van der Waals surface area contributed by atoms with Crippen LogP contribution in [0.25, 0.3) is 0 Å². The zero-order valence-corrected chi connectivity index (χ0v) is 13.5. The van der Waals surface area contributed by atoms with Gasteiger partial charge < -0.3 is 9.64 Å². The van der Waals surface area contributed by atoms with Crippen LogP contribution >= 0.6 is 23.1 Å². The first-order valence-corrected chi connectivity index (χ1v) is 8.27. The van der Waals surface area contributed by atoms with Crippen molar-refractivity contribution in [3.8, 4) is 11.9 Å². The summed E-state index contributed by atoms with van der Waals surface area (Å²) < 4.78 is 9.79. The molecule has 1 aliphatic rings. The van der Waals surface area contributed by atoms with Crippen LogP contribution < -0.4 is 9.64 Å². The van der Waals surface area contributed by atoms with Crippen molar-refractivity contribution in [1.82, 2.24) is 9.36 Å². The van der Waals surface area contributed by atoms with Gasteiger partial charge in [-0.1, -0.05) is 17.7 Å². The first-order chi connectivity index (χ1) is 10.8. The van der Waals surface area contributed by atoms with Gasteiger partial charge in [-0.05, 0) is 36.4 Å². The maximum absolute atomic E-state index is 9.16. The number of pyridine rings is 1. The lowest BCUT2D eigenvalue weighted by Gasteiger charge is -2.32. The van der Waals surface area contributed by atoms with E-state index in [0.717, 1.165) is 30.9 Å². The van der Waals surface area contributed by atoms with Gasteiger partial charge in [0, 0.05) is 25.4 Å². The molecular formula is C15H15ClN4OS. The van der Waals surface area contributed by atoms with Gasteiger partial charge >= 0.3 is 0 Å². The highest BCUT2D eigenvalue weighted by atomic mass is 35.5. The maximum Gasteiger partial charge on any atom is 0.213 e. The second kappa shape index (κ2) is 6.95. The topological polar surface area (TPSA) is 62.0 Å². The molecule has 0 spiro atoms. The number of ether oxygens (including phenoxy) is 1. The van der Waals surface area contributed by atoms with Crippen LogP contribution in [0.5, 0.6) is 5.88 Å². The first kappa shape index (κ1) is 15.1. The van der Waals surface area contributed by atoms with E-state index >= 15 is 0 Å². The molecule has 5 nitrogen and oxygen atoms in total. The summed E-state index contributed by atoms with van der Waals surface area (Å²) in [6.07, 6.45) is 3.77. The van der Waals surface area contributed by atoms with Crippen LogP contribution in [0.3, 0.4) is 0 Å². The predicted molar refractivity (Wildman–Crippen MR) is 86.5 cm³/mol. The summed E-state index contributed by atoms with van der Waals surface area (Å²) >= 11 is 7.23. The lowest BCUT2D eigenvalue weighted by Crippen LogP contribution is -2.35. The largest absolute Gasteiger partial charge is 0.477 e. The van der Waals surface area contributed by atoms with Gasteiger partial charge in [-0.15, -0.1) is 0 Å². The van der Waals surface area contributed by atoms with Crippen molar-refractivity contribution in [3.05, 3.63) is 35.1 Å². The summed E-state index contributed by atoms with van der Waals surface area (Å²) in [5.74, 6) is 1.18. The van der Waals surface area contributed by atoms with Gasteiger partial charge in [-0.25, -0.2) is 4.98 Å². The lowest BCUT2D eigenvalue weighted by molar-refractivity contribution is 0.216. The van der Waals surface area contributed by atoms with E-state index in [-0.39, 0.29) is 0 Å². The van der Waals surface area contributed by atoms with Crippen LogP contribution in [0.15, 0.2) is 24.4 Å². The second-order valence-corrected chi connectivity index (χ2v) is 6.28. The van der Waals surface area contributed by atoms with Crippen LogP contribution in [0.1, 0.15) is 18.4 Å². The quantitative estimate of drug-likeness (QED) is 0.858. The SMILES string of the molecule is N#Cc1c(Cl)nsc1N1CCC(COc2ccccn2)CC1. The molecule has 0 radical (unpaired) electrons. The standard InChI is InChI=1S/C15H15ClN4OS/c16-14-12(9-17)15(22-19-14)20-7-4-11(5-8-20)10-21-13-3-1-2-6-18-13/h1-3,6,11H,4-5,7-8,10H2. The fourth-order valence-corrected chi connectivity index (χ4v) is 3.59. The number of nitrogens with zero attached hydrogens (tertiary/aromatic N) is 4. The van der Waals surface area contributed by atoms with Crippen molar-refractivity contribution < 1.29 is 4.74 Å². The molecule has 2 aromatic heterocycles. The van der Waals surface area contributed by atoms with E-state index in [4.69, 9.17) is 21.6 Å². The highest BCUT2D eigenvalue weighted by Crippen LogP contribution is 2.33. The summed E-state index contributed by atoms with van der Waals surface area (Å²) in [6, 6.07) is 7.80. The van der Waals surface area contributed by atoms with E-state index in [1.54, 1.807) is 6.20 Å². The van der Waals surface area contributed by atoms with Gasteiger partial charge in [0.2, 0.25) is 5.88 Å². The summed E-state index contributed by atoms with van der Waals surface area (Å²) in [5.41, 5.74) is 0.495. The molecule has 0 aliphatic carbocycles. The van der Waals surface area contributed by atoms with Crippen molar-refractivity contribution in [1.29, 1.82) is 5.26 Å². The first-order valence-electron chi connectivity index (χ1n) is 7.12. The number of halogens is 1. The van der Waals surface area contributed by atoms with Gasteiger partial charge in [0.1, 0.15) is 16.6 Å². The summed E-state index contributed by atoms with van der Waals surface area (Å²) in [7, 11) is 0. The van der Waals surface area contributed by atoms with Crippen LogP contribution in [0.2, 0.25) is 5.15 Å². The lowest BCUT2D eigenvalue weighted by atomic mass is 9.98. The molecule has 1 fully saturated rings. The molecule has 0 aromatic carbocycles. The van der Waals surface area contributed by atoms with Gasteiger partial charge in [0.15, 0.2) is 5.15 Å². The molecule has 0 amide bonds. The van der Waals surface area contributed by atoms with Crippen LogP contribution in [-0.2, 0) is 0 Å². The highest BCUT2D eigenvalue weighted by molar-refractivity contribution is 7.10. The van der Waals surface area contributed by atoms with Crippen LogP contribution in [-0.4, -0.2) is 29.1 Å².